The number of amides is 1. The number of esters is 1. The Morgan fingerprint density at radius 3 is 2.45 bits per heavy atom. The number of anilines is 2. The van der Waals surface area contributed by atoms with Gasteiger partial charge in [0.1, 0.15) is 16.6 Å². The van der Waals surface area contributed by atoms with E-state index < -0.39 is 34.3 Å². The van der Waals surface area contributed by atoms with Gasteiger partial charge in [-0.15, -0.1) is 11.3 Å². The molecule has 162 valence electrons. The van der Waals surface area contributed by atoms with E-state index in [9.17, 15) is 22.4 Å². The third-order valence-electron chi connectivity index (χ3n) is 4.37. The van der Waals surface area contributed by atoms with Crippen molar-refractivity contribution in [2.75, 3.05) is 23.3 Å². The van der Waals surface area contributed by atoms with Crippen LogP contribution < -0.4 is 9.62 Å². The first-order valence-corrected chi connectivity index (χ1v) is 11.3. The van der Waals surface area contributed by atoms with Gasteiger partial charge in [0.15, 0.2) is 0 Å². The second-order valence-electron chi connectivity index (χ2n) is 6.49. The summed E-state index contributed by atoms with van der Waals surface area (Å²) in [4.78, 5) is 24.5. The molecule has 0 radical (unpaired) electrons. The number of thiophene rings is 1. The lowest BCUT2D eigenvalue weighted by Crippen LogP contribution is -2.38. The fraction of sp³-hybridized carbons (Fsp3) is 0.143. The Labute approximate surface area is 183 Å². The molecular weight excluding hydrogens is 443 g/mol. The number of rotatable bonds is 7. The number of nitrogens with one attached hydrogen (secondary N) is 1. The van der Waals surface area contributed by atoms with Crippen molar-refractivity contribution in [3.8, 4) is 0 Å². The van der Waals surface area contributed by atoms with Crippen LogP contribution in [-0.4, -0.2) is 33.9 Å². The highest BCUT2D eigenvalue weighted by molar-refractivity contribution is 7.94. The van der Waals surface area contributed by atoms with Crippen LogP contribution in [0.15, 0.2) is 64.2 Å². The van der Waals surface area contributed by atoms with Gasteiger partial charge in [-0.1, -0.05) is 12.1 Å². The molecular formula is C21H19FN2O5S2. The predicted octanol–water partition coefficient (Wildman–Crippen LogP) is 3.82. The number of carbonyl (C=O) groups is 2. The van der Waals surface area contributed by atoms with Crippen LogP contribution in [0.1, 0.15) is 15.9 Å². The van der Waals surface area contributed by atoms with E-state index in [4.69, 9.17) is 0 Å². The van der Waals surface area contributed by atoms with Crippen LogP contribution in [0.25, 0.3) is 0 Å². The highest BCUT2D eigenvalue weighted by atomic mass is 32.2. The standard InChI is InChI=1S/C21H19FN2O5S2/c1-14-5-6-15(21(26)29-2)12-18(14)23-19(25)13-24(17-9-7-16(22)8-10-17)31(27,28)20-4-3-11-30-20/h3-12H,13H2,1-2H3,(H,23,25). The van der Waals surface area contributed by atoms with Crippen molar-refractivity contribution in [1.29, 1.82) is 0 Å². The summed E-state index contributed by atoms with van der Waals surface area (Å²) in [7, 11) is -2.81. The van der Waals surface area contributed by atoms with Gasteiger partial charge >= 0.3 is 5.97 Å². The van der Waals surface area contributed by atoms with Gasteiger partial charge in [-0.05, 0) is 60.3 Å². The average molecular weight is 463 g/mol. The zero-order valence-electron chi connectivity index (χ0n) is 16.7. The molecule has 1 heterocycles. The van der Waals surface area contributed by atoms with Gasteiger partial charge in [0.05, 0.1) is 18.4 Å². The largest absolute Gasteiger partial charge is 0.465 e. The number of hydrogen-bond acceptors (Lipinski definition) is 6. The summed E-state index contributed by atoms with van der Waals surface area (Å²) >= 11 is 1.01. The average Bonchev–Trinajstić information content (AvgIpc) is 3.29. The molecule has 0 bridgehead atoms. The van der Waals surface area contributed by atoms with Crippen LogP contribution in [-0.2, 0) is 19.6 Å². The lowest BCUT2D eigenvalue weighted by molar-refractivity contribution is -0.114. The first kappa shape index (κ1) is 22.4. The van der Waals surface area contributed by atoms with Crippen molar-refractivity contribution in [2.45, 2.75) is 11.1 Å². The molecule has 3 rings (SSSR count). The van der Waals surface area contributed by atoms with Crippen molar-refractivity contribution in [2.24, 2.45) is 0 Å². The summed E-state index contributed by atoms with van der Waals surface area (Å²) in [6.07, 6.45) is 0. The molecule has 0 unspecified atom stereocenters. The van der Waals surface area contributed by atoms with Gasteiger partial charge in [0.2, 0.25) is 5.91 Å². The molecule has 1 aromatic heterocycles. The molecule has 2 aromatic carbocycles. The maximum Gasteiger partial charge on any atom is 0.337 e. The SMILES string of the molecule is COC(=O)c1ccc(C)c(NC(=O)CN(c2ccc(F)cc2)S(=O)(=O)c2cccs2)c1. The first-order chi connectivity index (χ1) is 14.7. The fourth-order valence-electron chi connectivity index (χ4n) is 2.76. The maximum atomic E-state index is 13.4. The summed E-state index contributed by atoms with van der Waals surface area (Å²) < 4.78 is 45.2. The summed E-state index contributed by atoms with van der Waals surface area (Å²) in [6, 6.07) is 12.5. The number of carbonyl (C=O) groups excluding carboxylic acids is 2. The lowest BCUT2D eigenvalue weighted by atomic mass is 10.1. The second kappa shape index (κ2) is 9.27. The molecule has 0 aliphatic carbocycles. The number of methoxy groups -OCH3 is 1. The van der Waals surface area contributed by atoms with Gasteiger partial charge in [-0.3, -0.25) is 9.10 Å². The topological polar surface area (TPSA) is 92.8 Å². The summed E-state index contributed by atoms with van der Waals surface area (Å²) in [5.74, 6) is -1.73. The Hall–Kier alpha value is -3.24. The molecule has 0 atom stereocenters. The van der Waals surface area contributed by atoms with Crippen molar-refractivity contribution < 1.29 is 27.1 Å². The fourth-order valence-corrected chi connectivity index (χ4v) is 5.29. The van der Waals surface area contributed by atoms with Crippen molar-refractivity contribution >= 4 is 44.6 Å². The summed E-state index contributed by atoms with van der Waals surface area (Å²) in [5.41, 5.74) is 1.41. The van der Waals surface area contributed by atoms with Crippen LogP contribution in [0.5, 0.6) is 0 Å². The minimum Gasteiger partial charge on any atom is -0.465 e. The Balaban J connectivity index is 1.91. The molecule has 0 aliphatic heterocycles. The highest BCUT2D eigenvalue weighted by Crippen LogP contribution is 2.27. The highest BCUT2D eigenvalue weighted by Gasteiger charge is 2.28. The zero-order valence-corrected chi connectivity index (χ0v) is 18.3. The van der Waals surface area contributed by atoms with E-state index in [2.05, 4.69) is 10.1 Å². The quantitative estimate of drug-likeness (QED) is 0.539. The van der Waals surface area contributed by atoms with Crippen molar-refractivity contribution in [3.63, 3.8) is 0 Å². The molecule has 0 saturated carbocycles. The monoisotopic (exact) mass is 462 g/mol. The second-order valence-corrected chi connectivity index (χ2v) is 9.53. The molecule has 3 aromatic rings. The third kappa shape index (κ3) is 5.09. The minimum absolute atomic E-state index is 0.0495. The van der Waals surface area contributed by atoms with Gasteiger partial charge < -0.3 is 10.1 Å². The number of nitrogens with zero attached hydrogens (tertiary/aromatic N) is 1. The van der Waals surface area contributed by atoms with Crippen LogP contribution in [0.4, 0.5) is 15.8 Å². The molecule has 7 nitrogen and oxygen atoms in total. The van der Waals surface area contributed by atoms with Crippen LogP contribution >= 0.6 is 11.3 Å². The van der Waals surface area contributed by atoms with E-state index >= 15 is 0 Å². The maximum absolute atomic E-state index is 13.4. The number of aryl methyl sites for hydroxylation is 1. The van der Waals surface area contributed by atoms with Gasteiger partial charge in [0.25, 0.3) is 10.0 Å². The number of ether oxygens (including phenoxy) is 1. The molecule has 10 heteroatoms. The van der Waals surface area contributed by atoms with E-state index in [0.29, 0.717) is 11.3 Å². The molecule has 0 spiro atoms. The smallest absolute Gasteiger partial charge is 0.337 e. The predicted molar refractivity (Wildman–Crippen MR) is 116 cm³/mol. The van der Waals surface area contributed by atoms with Gasteiger partial charge in [-0.25, -0.2) is 17.6 Å². The molecule has 0 fully saturated rings. The Bertz CT molecular complexity index is 1190. The summed E-state index contributed by atoms with van der Waals surface area (Å²) in [6.45, 7) is 1.19. The van der Waals surface area contributed by atoms with E-state index in [1.165, 1.54) is 31.4 Å². The Kier molecular flexibility index (Phi) is 6.71. The number of benzene rings is 2. The third-order valence-corrected chi connectivity index (χ3v) is 7.52. The van der Waals surface area contributed by atoms with Crippen molar-refractivity contribution in [1.82, 2.24) is 0 Å². The molecule has 1 N–H and O–H groups in total. The summed E-state index contributed by atoms with van der Waals surface area (Å²) in [5, 5.41) is 4.24. The lowest BCUT2D eigenvalue weighted by Gasteiger charge is -2.23. The first-order valence-electron chi connectivity index (χ1n) is 9.03. The Morgan fingerprint density at radius 2 is 1.84 bits per heavy atom. The molecule has 1 amide bonds. The van der Waals surface area contributed by atoms with Crippen LogP contribution in [0.3, 0.4) is 0 Å². The normalized spacial score (nSPS) is 11.1. The zero-order chi connectivity index (χ0) is 22.6. The van der Waals surface area contributed by atoms with E-state index in [1.807, 2.05) is 0 Å². The minimum atomic E-state index is -4.05. The van der Waals surface area contributed by atoms with Crippen molar-refractivity contribution in [3.05, 3.63) is 76.9 Å². The van der Waals surface area contributed by atoms with E-state index in [0.717, 1.165) is 27.8 Å². The van der Waals surface area contributed by atoms with E-state index in [-0.39, 0.29) is 15.5 Å². The Morgan fingerprint density at radius 1 is 1.13 bits per heavy atom. The molecule has 0 aliphatic rings. The van der Waals surface area contributed by atoms with E-state index in [1.54, 1.807) is 30.5 Å². The number of sulfonamides is 1. The van der Waals surface area contributed by atoms with Gasteiger partial charge in [0, 0.05) is 5.69 Å². The molecule has 31 heavy (non-hydrogen) atoms. The number of hydrogen-bond donors (Lipinski definition) is 1. The molecule has 0 saturated heterocycles. The van der Waals surface area contributed by atoms with Crippen LogP contribution in [0, 0.1) is 12.7 Å². The van der Waals surface area contributed by atoms with Crippen LogP contribution in [0.2, 0.25) is 0 Å². The number of halogens is 1. The van der Waals surface area contributed by atoms with Gasteiger partial charge in [-0.2, -0.15) is 0 Å².